The summed E-state index contributed by atoms with van der Waals surface area (Å²) in [6, 6.07) is 7.12. The van der Waals surface area contributed by atoms with Gasteiger partial charge in [-0.2, -0.15) is 0 Å². The fourth-order valence-electron chi connectivity index (χ4n) is 1.38. The van der Waals surface area contributed by atoms with Crippen LogP contribution < -0.4 is 4.74 Å². The fraction of sp³-hybridized carbons (Fsp3) is 0.0769. The van der Waals surface area contributed by atoms with Crippen molar-refractivity contribution in [2.75, 3.05) is 0 Å². The van der Waals surface area contributed by atoms with Gasteiger partial charge < -0.3 is 9.84 Å². The van der Waals surface area contributed by atoms with Gasteiger partial charge in [0.25, 0.3) is 0 Å². The van der Waals surface area contributed by atoms with Crippen LogP contribution in [-0.2, 0) is 6.61 Å². The monoisotopic (exact) mass is 325 g/mol. The first-order valence-electron chi connectivity index (χ1n) is 5.32. The van der Waals surface area contributed by atoms with Crippen molar-refractivity contribution in [1.29, 1.82) is 0 Å². The van der Waals surface area contributed by atoms with Gasteiger partial charge in [-0.1, -0.05) is 0 Å². The van der Waals surface area contributed by atoms with E-state index in [1.165, 1.54) is 30.5 Å². The zero-order chi connectivity index (χ0) is 13.8. The summed E-state index contributed by atoms with van der Waals surface area (Å²) >= 11 is 3.19. The van der Waals surface area contributed by atoms with Gasteiger partial charge in [0.1, 0.15) is 18.2 Å². The maximum atomic E-state index is 12.9. The number of carbonyl (C=O) groups is 1. The number of rotatable bonds is 4. The number of hydrogen-bond donors (Lipinski definition) is 1. The number of carboxylic acids is 1. The summed E-state index contributed by atoms with van der Waals surface area (Å²) in [5.41, 5.74) is 0.702. The summed E-state index contributed by atoms with van der Waals surface area (Å²) in [6.07, 6.45) is 1.26. The van der Waals surface area contributed by atoms with E-state index in [1.54, 1.807) is 6.07 Å². The largest absolute Gasteiger partial charge is 0.486 e. The van der Waals surface area contributed by atoms with Crippen molar-refractivity contribution in [3.05, 3.63) is 58.1 Å². The third kappa shape index (κ3) is 3.51. The number of nitrogens with zero attached hydrogens (tertiary/aromatic N) is 1. The maximum Gasteiger partial charge on any atom is 0.337 e. The Labute approximate surface area is 117 Å². The number of hydrogen-bond acceptors (Lipinski definition) is 3. The molecule has 0 radical (unpaired) electrons. The van der Waals surface area contributed by atoms with E-state index in [0.29, 0.717) is 15.9 Å². The van der Waals surface area contributed by atoms with E-state index < -0.39 is 5.97 Å². The number of pyridine rings is 1. The van der Waals surface area contributed by atoms with E-state index in [2.05, 4.69) is 20.9 Å². The van der Waals surface area contributed by atoms with Crippen LogP contribution in [0, 0.1) is 5.82 Å². The minimum atomic E-state index is -1.03. The molecule has 98 valence electrons. The molecule has 2 rings (SSSR count). The molecule has 19 heavy (non-hydrogen) atoms. The molecule has 0 fully saturated rings. The molecule has 0 aliphatic heterocycles. The first-order valence-corrected chi connectivity index (χ1v) is 6.11. The van der Waals surface area contributed by atoms with Gasteiger partial charge in [-0.05, 0) is 46.3 Å². The van der Waals surface area contributed by atoms with Gasteiger partial charge in [-0.15, -0.1) is 0 Å². The summed E-state index contributed by atoms with van der Waals surface area (Å²) in [4.78, 5) is 14.6. The molecule has 0 amide bonds. The highest BCUT2D eigenvalue weighted by Gasteiger charge is 2.05. The molecule has 4 nitrogen and oxygen atoms in total. The van der Waals surface area contributed by atoms with E-state index >= 15 is 0 Å². The van der Waals surface area contributed by atoms with Crippen molar-refractivity contribution >= 4 is 21.9 Å². The Balaban J connectivity index is 2.04. The zero-order valence-electron chi connectivity index (χ0n) is 9.64. The van der Waals surface area contributed by atoms with Crippen molar-refractivity contribution in [1.82, 2.24) is 4.98 Å². The lowest BCUT2D eigenvalue weighted by Crippen LogP contribution is -2.02. The smallest absolute Gasteiger partial charge is 0.337 e. The van der Waals surface area contributed by atoms with Crippen LogP contribution in [0.3, 0.4) is 0 Å². The molecule has 0 saturated heterocycles. The van der Waals surface area contributed by atoms with Gasteiger partial charge in [0.05, 0.1) is 15.7 Å². The number of halogens is 2. The van der Waals surface area contributed by atoms with Gasteiger partial charge in [0.2, 0.25) is 0 Å². The van der Waals surface area contributed by atoms with Crippen LogP contribution in [0.2, 0.25) is 0 Å². The summed E-state index contributed by atoms with van der Waals surface area (Å²) in [6.45, 7) is 0.171. The lowest BCUT2D eigenvalue weighted by molar-refractivity contribution is 0.0696. The summed E-state index contributed by atoms with van der Waals surface area (Å²) in [7, 11) is 0. The number of aromatic carboxylic acids is 1. The molecule has 1 heterocycles. The third-order valence-corrected chi connectivity index (χ3v) is 2.96. The van der Waals surface area contributed by atoms with Crippen LogP contribution >= 0.6 is 15.9 Å². The minimum absolute atomic E-state index is 0.117. The zero-order valence-corrected chi connectivity index (χ0v) is 11.2. The predicted molar refractivity (Wildman–Crippen MR) is 69.6 cm³/mol. The Bertz CT molecular complexity index is 601. The van der Waals surface area contributed by atoms with Gasteiger partial charge in [0, 0.05) is 6.20 Å². The molecule has 0 aliphatic rings. The molecule has 0 atom stereocenters. The lowest BCUT2D eigenvalue weighted by atomic mass is 10.2. The van der Waals surface area contributed by atoms with E-state index in [4.69, 9.17) is 9.84 Å². The van der Waals surface area contributed by atoms with E-state index in [9.17, 15) is 9.18 Å². The standard InChI is InChI=1S/C13H9BrFNO3/c14-11-5-9(15)2-4-12(11)19-7-10-3-1-8(6-16-10)13(17)18/h1-6H,7H2,(H,17,18). The van der Waals surface area contributed by atoms with Crippen molar-refractivity contribution in [2.24, 2.45) is 0 Å². The molecule has 2 aromatic rings. The Hall–Kier alpha value is -1.95. The highest BCUT2D eigenvalue weighted by molar-refractivity contribution is 9.10. The Morgan fingerprint density at radius 1 is 1.37 bits per heavy atom. The number of ether oxygens (including phenoxy) is 1. The first-order chi connectivity index (χ1) is 9.06. The van der Waals surface area contributed by atoms with Crippen molar-refractivity contribution in [3.8, 4) is 5.75 Å². The molecule has 0 unspecified atom stereocenters. The van der Waals surface area contributed by atoms with Crippen LogP contribution in [-0.4, -0.2) is 16.1 Å². The van der Waals surface area contributed by atoms with E-state index in [-0.39, 0.29) is 18.0 Å². The molecule has 1 aromatic carbocycles. The van der Waals surface area contributed by atoms with Crippen LogP contribution in [0.5, 0.6) is 5.75 Å². The molecule has 6 heteroatoms. The summed E-state index contributed by atoms with van der Waals surface area (Å²) < 4.78 is 18.8. The SMILES string of the molecule is O=C(O)c1ccc(COc2ccc(F)cc2Br)nc1. The summed E-state index contributed by atoms with van der Waals surface area (Å²) in [5.74, 6) is -0.894. The molecule has 0 spiro atoms. The predicted octanol–water partition coefficient (Wildman–Crippen LogP) is 3.26. The quantitative estimate of drug-likeness (QED) is 0.937. The second kappa shape index (κ2) is 5.79. The second-order valence-electron chi connectivity index (χ2n) is 3.71. The van der Waals surface area contributed by atoms with Crippen molar-refractivity contribution < 1.29 is 19.0 Å². The average molecular weight is 326 g/mol. The molecule has 0 saturated carbocycles. The van der Waals surface area contributed by atoms with Gasteiger partial charge in [-0.3, -0.25) is 4.98 Å². The van der Waals surface area contributed by atoms with Gasteiger partial charge >= 0.3 is 5.97 Å². The Kier molecular flexibility index (Phi) is 4.11. The maximum absolute atomic E-state index is 12.9. The molecular formula is C13H9BrFNO3. The van der Waals surface area contributed by atoms with Gasteiger partial charge in [0.15, 0.2) is 0 Å². The highest BCUT2D eigenvalue weighted by atomic mass is 79.9. The van der Waals surface area contributed by atoms with Crippen molar-refractivity contribution in [3.63, 3.8) is 0 Å². The molecular weight excluding hydrogens is 317 g/mol. The average Bonchev–Trinajstić information content (AvgIpc) is 2.38. The van der Waals surface area contributed by atoms with Crippen LogP contribution in [0.4, 0.5) is 4.39 Å². The molecule has 0 bridgehead atoms. The number of benzene rings is 1. The molecule has 1 N–H and O–H groups in total. The van der Waals surface area contributed by atoms with Crippen LogP contribution in [0.15, 0.2) is 41.0 Å². The number of aromatic nitrogens is 1. The minimum Gasteiger partial charge on any atom is -0.486 e. The summed E-state index contributed by atoms with van der Waals surface area (Å²) in [5, 5.41) is 8.73. The van der Waals surface area contributed by atoms with Crippen molar-refractivity contribution in [2.45, 2.75) is 6.61 Å². The topological polar surface area (TPSA) is 59.4 Å². The lowest BCUT2D eigenvalue weighted by Gasteiger charge is -2.07. The Morgan fingerprint density at radius 3 is 2.74 bits per heavy atom. The first kappa shape index (κ1) is 13.5. The van der Waals surface area contributed by atoms with E-state index in [0.717, 1.165) is 0 Å². The fourth-order valence-corrected chi connectivity index (χ4v) is 1.85. The highest BCUT2D eigenvalue weighted by Crippen LogP contribution is 2.26. The Morgan fingerprint density at radius 2 is 2.16 bits per heavy atom. The molecule has 0 aliphatic carbocycles. The second-order valence-corrected chi connectivity index (χ2v) is 4.56. The van der Waals surface area contributed by atoms with E-state index in [1.807, 2.05) is 0 Å². The normalized spacial score (nSPS) is 10.2. The van der Waals surface area contributed by atoms with Crippen LogP contribution in [0.1, 0.15) is 16.1 Å². The number of carboxylic acid groups (broad SMARTS) is 1. The van der Waals surface area contributed by atoms with Crippen LogP contribution in [0.25, 0.3) is 0 Å². The van der Waals surface area contributed by atoms with Gasteiger partial charge in [-0.25, -0.2) is 9.18 Å². The third-order valence-electron chi connectivity index (χ3n) is 2.34. The molecule has 1 aromatic heterocycles.